The van der Waals surface area contributed by atoms with Gasteiger partial charge in [0, 0.05) is 6.42 Å². The molecule has 0 aliphatic carbocycles. The van der Waals surface area contributed by atoms with Crippen LogP contribution in [0.1, 0.15) is 13.3 Å². The minimum Gasteiger partial charge on any atom is -0.494 e. The number of ether oxygens (including phenoxy) is 1. The number of thiazole rings is 1. The lowest BCUT2D eigenvalue weighted by atomic mass is 10.2. The van der Waals surface area contributed by atoms with Crippen molar-refractivity contribution < 1.29 is 18.3 Å². The molecule has 126 valence electrons. The largest absolute Gasteiger partial charge is 0.494 e. The van der Waals surface area contributed by atoms with Gasteiger partial charge < -0.3 is 10.1 Å². The van der Waals surface area contributed by atoms with Crippen molar-refractivity contribution in [1.82, 2.24) is 10.3 Å². The molecule has 1 atom stereocenters. The molecule has 0 radical (unpaired) electrons. The number of anilines is 1. The smallest absolute Gasteiger partial charge is 0.262 e. The Balaban J connectivity index is 0.00000192. The van der Waals surface area contributed by atoms with E-state index in [0.717, 1.165) is 16.0 Å². The second-order valence-corrected chi connectivity index (χ2v) is 6.10. The topological polar surface area (TPSA) is 63.2 Å². The summed E-state index contributed by atoms with van der Waals surface area (Å²) in [6, 6.07) is 4.56. The molecule has 0 saturated carbocycles. The van der Waals surface area contributed by atoms with E-state index < -0.39 is 30.8 Å². The maximum absolute atomic E-state index is 13.1. The fraction of sp³-hybridized carbons (Fsp3) is 0.429. The fourth-order valence-electron chi connectivity index (χ4n) is 2.31. The molecule has 9 heteroatoms. The van der Waals surface area contributed by atoms with Gasteiger partial charge in [0.2, 0.25) is 5.91 Å². The number of benzene rings is 1. The summed E-state index contributed by atoms with van der Waals surface area (Å²) in [7, 11) is 0. The summed E-state index contributed by atoms with van der Waals surface area (Å²) >= 11 is 1.29. The molecule has 1 aromatic heterocycles. The Morgan fingerprint density at radius 2 is 2.35 bits per heavy atom. The molecule has 0 bridgehead atoms. The van der Waals surface area contributed by atoms with Crippen LogP contribution in [0.25, 0.3) is 10.2 Å². The third-order valence-corrected chi connectivity index (χ3v) is 4.26. The minimum atomic E-state index is -2.83. The molecule has 1 unspecified atom stereocenters. The first-order valence-electron chi connectivity index (χ1n) is 6.92. The van der Waals surface area contributed by atoms with Crippen LogP contribution in [0.3, 0.4) is 0 Å². The highest BCUT2D eigenvalue weighted by molar-refractivity contribution is 7.22. The molecule has 2 heterocycles. The van der Waals surface area contributed by atoms with E-state index >= 15 is 0 Å². The summed E-state index contributed by atoms with van der Waals surface area (Å²) in [6.45, 7) is 1.99. The van der Waals surface area contributed by atoms with Crippen molar-refractivity contribution in [2.45, 2.75) is 25.3 Å². The van der Waals surface area contributed by atoms with Crippen molar-refractivity contribution >= 4 is 45.0 Å². The molecule has 3 rings (SSSR count). The van der Waals surface area contributed by atoms with Crippen LogP contribution >= 0.6 is 23.7 Å². The highest BCUT2D eigenvalue weighted by Crippen LogP contribution is 2.30. The summed E-state index contributed by atoms with van der Waals surface area (Å²) in [6.07, 6.45) is -0.488. The molecule has 1 saturated heterocycles. The first-order chi connectivity index (χ1) is 10.5. The van der Waals surface area contributed by atoms with Crippen molar-refractivity contribution in [1.29, 1.82) is 0 Å². The maximum Gasteiger partial charge on any atom is 0.262 e. The van der Waals surface area contributed by atoms with Crippen molar-refractivity contribution in [3.05, 3.63) is 18.2 Å². The first kappa shape index (κ1) is 17.8. The van der Waals surface area contributed by atoms with Crippen LogP contribution in [0.15, 0.2) is 18.2 Å². The minimum absolute atomic E-state index is 0. The number of halogens is 3. The van der Waals surface area contributed by atoms with E-state index in [2.05, 4.69) is 15.6 Å². The molecule has 5 nitrogen and oxygen atoms in total. The number of hydrogen-bond acceptors (Lipinski definition) is 5. The quantitative estimate of drug-likeness (QED) is 0.876. The third kappa shape index (κ3) is 4.07. The number of amides is 1. The molecule has 1 aliphatic rings. The zero-order valence-electron chi connectivity index (χ0n) is 12.3. The van der Waals surface area contributed by atoms with Gasteiger partial charge in [0.15, 0.2) is 5.13 Å². The van der Waals surface area contributed by atoms with Crippen LogP contribution in [0.5, 0.6) is 5.75 Å². The van der Waals surface area contributed by atoms with Gasteiger partial charge in [-0.3, -0.25) is 10.1 Å². The molecule has 0 spiro atoms. The van der Waals surface area contributed by atoms with E-state index in [1.54, 1.807) is 12.1 Å². The van der Waals surface area contributed by atoms with Gasteiger partial charge in [-0.25, -0.2) is 13.8 Å². The van der Waals surface area contributed by atoms with E-state index in [-0.39, 0.29) is 12.4 Å². The second kappa shape index (κ2) is 6.94. The summed E-state index contributed by atoms with van der Waals surface area (Å²) in [5.41, 5.74) is 0.730. The van der Waals surface area contributed by atoms with Crippen LogP contribution in [-0.2, 0) is 4.79 Å². The number of rotatable bonds is 4. The predicted molar refractivity (Wildman–Crippen MR) is 88.0 cm³/mol. The molecule has 23 heavy (non-hydrogen) atoms. The summed E-state index contributed by atoms with van der Waals surface area (Å²) in [5, 5.41) is 5.51. The van der Waals surface area contributed by atoms with Crippen LogP contribution < -0.4 is 15.4 Å². The van der Waals surface area contributed by atoms with E-state index in [1.807, 2.05) is 13.0 Å². The van der Waals surface area contributed by atoms with E-state index in [9.17, 15) is 13.6 Å². The summed E-state index contributed by atoms with van der Waals surface area (Å²) in [5.74, 6) is -2.59. The fourth-order valence-corrected chi connectivity index (χ4v) is 3.21. The highest BCUT2D eigenvalue weighted by Gasteiger charge is 2.42. The van der Waals surface area contributed by atoms with E-state index in [1.165, 1.54) is 11.3 Å². The van der Waals surface area contributed by atoms with Crippen LogP contribution in [0.4, 0.5) is 13.9 Å². The first-order valence-corrected chi connectivity index (χ1v) is 7.74. The average Bonchev–Trinajstić information content (AvgIpc) is 3.01. The van der Waals surface area contributed by atoms with Gasteiger partial charge in [0.1, 0.15) is 5.75 Å². The number of nitrogens with zero attached hydrogens (tertiary/aromatic N) is 1. The van der Waals surface area contributed by atoms with E-state index in [0.29, 0.717) is 11.7 Å². The Morgan fingerprint density at radius 1 is 1.57 bits per heavy atom. The van der Waals surface area contributed by atoms with Crippen LogP contribution in [0.2, 0.25) is 0 Å². The zero-order chi connectivity index (χ0) is 15.7. The number of nitrogens with one attached hydrogen (secondary N) is 2. The molecule has 1 amide bonds. The maximum atomic E-state index is 13.1. The standard InChI is InChI=1S/C14H15F2N3O2S.ClH/c1-2-21-8-3-4-9-11(5-8)22-13(18-9)19-12(20)10-6-14(15,16)7-17-10;/h3-5,10,17H,2,6-7H2,1H3,(H,18,19,20);1H. The molecule has 1 aliphatic heterocycles. The van der Waals surface area contributed by atoms with Crippen LogP contribution in [0, 0.1) is 0 Å². The van der Waals surface area contributed by atoms with Gasteiger partial charge in [-0.1, -0.05) is 11.3 Å². The number of carbonyl (C=O) groups excluding carboxylic acids is 1. The van der Waals surface area contributed by atoms with Crippen molar-refractivity contribution in [3.8, 4) is 5.75 Å². The lowest BCUT2D eigenvalue weighted by molar-refractivity contribution is -0.118. The summed E-state index contributed by atoms with van der Waals surface area (Å²) < 4.78 is 32.5. The van der Waals surface area contributed by atoms with Gasteiger partial charge in [-0.15, -0.1) is 12.4 Å². The average molecular weight is 364 g/mol. The second-order valence-electron chi connectivity index (χ2n) is 5.06. The Kier molecular flexibility index (Phi) is 5.38. The molecule has 2 aromatic rings. The molecular formula is C14H16ClF2N3O2S. The Morgan fingerprint density at radius 3 is 3.00 bits per heavy atom. The van der Waals surface area contributed by atoms with Crippen molar-refractivity contribution in [3.63, 3.8) is 0 Å². The predicted octanol–water partition coefficient (Wildman–Crippen LogP) is 3.05. The monoisotopic (exact) mass is 363 g/mol. The summed E-state index contributed by atoms with van der Waals surface area (Å²) in [4.78, 5) is 16.3. The van der Waals surface area contributed by atoms with Gasteiger partial charge in [-0.05, 0) is 25.1 Å². The number of alkyl halides is 2. The Hall–Kier alpha value is -1.51. The van der Waals surface area contributed by atoms with Crippen molar-refractivity contribution in [2.75, 3.05) is 18.5 Å². The van der Waals surface area contributed by atoms with Gasteiger partial charge >= 0.3 is 0 Å². The zero-order valence-corrected chi connectivity index (χ0v) is 13.9. The molecule has 1 fully saturated rings. The van der Waals surface area contributed by atoms with Gasteiger partial charge in [0.25, 0.3) is 5.92 Å². The molecule has 1 aromatic carbocycles. The lowest BCUT2D eigenvalue weighted by Crippen LogP contribution is -2.35. The van der Waals surface area contributed by atoms with Crippen LogP contribution in [-0.4, -0.2) is 36.0 Å². The normalized spacial score (nSPS) is 19.3. The molecular weight excluding hydrogens is 348 g/mol. The number of hydrogen-bond donors (Lipinski definition) is 2. The van der Waals surface area contributed by atoms with Gasteiger partial charge in [0.05, 0.1) is 29.4 Å². The Labute approximate surface area is 141 Å². The SMILES string of the molecule is CCOc1ccc2nc(NC(=O)C3CC(F)(F)CN3)sc2c1.Cl. The highest BCUT2D eigenvalue weighted by atomic mass is 35.5. The molecule has 2 N–H and O–H groups in total. The number of aromatic nitrogens is 1. The number of fused-ring (bicyclic) bond motifs is 1. The Bertz CT molecular complexity index is 710. The third-order valence-electron chi connectivity index (χ3n) is 3.33. The van der Waals surface area contributed by atoms with Gasteiger partial charge in [-0.2, -0.15) is 0 Å². The number of carbonyl (C=O) groups is 1. The van der Waals surface area contributed by atoms with Crippen molar-refractivity contribution in [2.24, 2.45) is 0 Å². The van der Waals surface area contributed by atoms with E-state index in [4.69, 9.17) is 4.74 Å². The lowest BCUT2D eigenvalue weighted by Gasteiger charge is -2.08.